The van der Waals surface area contributed by atoms with Gasteiger partial charge in [-0.05, 0) is 56.1 Å². The molecule has 1 heterocycles. The second-order valence-corrected chi connectivity index (χ2v) is 8.41. The summed E-state index contributed by atoms with van der Waals surface area (Å²) in [5, 5.41) is 16.5. The topological polar surface area (TPSA) is 98.3 Å². The Labute approximate surface area is 206 Å². The number of hydrogen-bond acceptors (Lipinski definition) is 7. The van der Waals surface area contributed by atoms with E-state index in [1.54, 1.807) is 20.3 Å². The first-order valence-electron chi connectivity index (χ1n) is 11.7. The molecule has 8 nitrogen and oxygen atoms in total. The van der Waals surface area contributed by atoms with Crippen LogP contribution < -0.4 is 29.6 Å². The van der Waals surface area contributed by atoms with Crippen LogP contribution in [0, 0.1) is 12.3 Å². The fraction of sp³-hybridized carbons (Fsp3) is 0.444. The molecule has 2 aromatic carbocycles. The Bertz CT molecular complexity index is 1050. The quantitative estimate of drug-likeness (QED) is 0.298. The number of fused-ring (bicyclic) bond motifs is 1. The van der Waals surface area contributed by atoms with Gasteiger partial charge in [0.05, 0.1) is 19.9 Å². The van der Waals surface area contributed by atoms with E-state index in [0.717, 1.165) is 17.5 Å². The molecule has 1 aliphatic rings. The van der Waals surface area contributed by atoms with E-state index in [4.69, 9.17) is 25.4 Å². The van der Waals surface area contributed by atoms with Crippen molar-refractivity contribution in [2.24, 2.45) is 0 Å². The van der Waals surface area contributed by atoms with E-state index in [0.29, 0.717) is 61.0 Å². The molecule has 2 aromatic rings. The Kier molecular flexibility index (Phi) is 9.65. The molecule has 0 radical (unpaired) electrons. The zero-order chi connectivity index (χ0) is 25.2. The molecule has 1 aliphatic heterocycles. The zero-order valence-corrected chi connectivity index (χ0v) is 20.6. The van der Waals surface area contributed by atoms with E-state index in [2.05, 4.69) is 16.6 Å². The summed E-state index contributed by atoms with van der Waals surface area (Å²) >= 11 is 0. The van der Waals surface area contributed by atoms with Gasteiger partial charge in [0.2, 0.25) is 5.91 Å². The number of terminal acetylenes is 1. The molecule has 3 N–H and O–H groups in total. The van der Waals surface area contributed by atoms with Gasteiger partial charge in [-0.2, -0.15) is 0 Å². The lowest BCUT2D eigenvalue weighted by molar-refractivity contribution is -0.116. The van der Waals surface area contributed by atoms with E-state index in [-0.39, 0.29) is 18.6 Å². The largest absolute Gasteiger partial charge is 0.493 e. The predicted molar refractivity (Wildman–Crippen MR) is 135 cm³/mol. The van der Waals surface area contributed by atoms with Crippen molar-refractivity contribution < 1.29 is 28.8 Å². The van der Waals surface area contributed by atoms with Crippen molar-refractivity contribution in [3.8, 4) is 35.3 Å². The summed E-state index contributed by atoms with van der Waals surface area (Å²) in [6, 6.07) is 9.39. The van der Waals surface area contributed by atoms with E-state index in [1.807, 2.05) is 31.2 Å². The van der Waals surface area contributed by atoms with E-state index < -0.39 is 6.10 Å². The molecule has 2 atom stereocenters. The second kappa shape index (κ2) is 12.9. The van der Waals surface area contributed by atoms with Gasteiger partial charge in [0.15, 0.2) is 11.5 Å². The average molecular weight is 483 g/mol. The van der Waals surface area contributed by atoms with Crippen molar-refractivity contribution in [3.05, 3.63) is 41.5 Å². The van der Waals surface area contributed by atoms with Gasteiger partial charge < -0.3 is 34.7 Å². The number of aliphatic hydroxyl groups excluding tert-OH is 1. The standard InChI is InChI=1S/C27H34N2O6/c1-5-6-18(2)35-24-11-10-22(21-8-12-26(31)29-27(21)24)34-17-20(30)16-28-14-13-19-7-9-23(32-3)25(15-19)33-4/h1,7,9-11,15,18,20,28,30H,6,8,12-14,16-17H2,2-4H3,(H,29,31). The number of anilines is 1. The fourth-order valence-corrected chi connectivity index (χ4v) is 3.87. The minimum atomic E-state index is -0.694. The number of hydrogen-bond donors (Lipinski definition) is 3. The van der Waals surface area contributed by atoms with Gasteiger partial charge in [0.25, 0.3) is 0 Å². The van der Waals surface area contributed by atoms with Crippen LogP contribution in [0.4, 0.5) is 5.69 Å². The molecule has 1 amide bonds. The van der Waals surface area contributed by atoms with Crippen molar-refractivity contribution in [2.75, 3.05) is 39.2 Å². The number of rotatable bonds is 13. The summed E-state index contributed by atoms with van der Waals surface area (Å²) in [4.78, 5) is 12.0. The molecule has 35 heavy (non-hydrogen) atoms. The summed E-state index contributed by atoms with van der Waals surface area (Å²) in [6.07, 6.45) is 6.65. The molecule has 0 saturated heterocycles. The van der Waals surface area contributed by atoms with Crippen LogP contribution in [0.15, 0.2) is 30.3 Å². The highest BCUT2D eigenvalue weighted by atomic mass is 16.5. The van der Waals surface area contributed by atoms with Crippen LogP contribution in [-0.4, -0.2) is 57.1 Å². The molecular weight excluding hydrogens is 448 g/mol. The number of ether oxygens (including phenoxy) is 4. The van der Waals surface area contributed by atoms with Crippen LogP contribution in [0.25, 0.3) is 0 Å². The Hall–Kier alpha value is -3.41. The fourth-order valence-electron chi connectivity index (χ4n) is 3.87. The maximum Gasteiger partial charge on any atom is 0.224 e. The Balaban J connectivity index is 1.51. The molecule has 2 unspecified atom stereocenters. The summed E-state index contributed by atoms with van der Waals surface area (Å²) < 4.78 is 22.4. The van der Waals surface area contributed by atoms with Gasteiger partial charge in [-0.3, -0.25) is 4.79 Å². The summed E-state index contributed by atoms with van der Waals surface area (Å²) in [5.74, 6) is 5.10. The number of carbonyl (C=O) groups excluding carboxylic acids is 1. The molecule has 0 fully saturated rings. The van der Waals surface area contributed by atoms with Gasteiger partial charge in [0.1, 0.15) is 30.3 Å². The van der Waals surface area contributed by atoms with Crippen LogP contribution in [-0.2, 0) is 17.6 Å². The van der Waals surface area contributed by atoms with Crippen LogP contribution in [0.3, 0.4) is 0 Å². The SMILES string of the molecule is C#CCC(C)Oc1ccc(OCC(O)CNCCc2ccc(OC)c(OC)c2)c2c1NC(=O)CC2. The maximum absolute atomic E-state index is 12.0. The molecule has 3 rings (SSSR count). The minimum absolute atomic E-state index is 0.0668. The number of amides is 1. The molecular formula is C27H34N2O6. The molecule has 0 aromatic heterocycles. The Morgan fingerprint density at radius 2 is 1.86 bits per heavy atom. The predicted octanol–water partition coefficient (Wildman–Crippen LogP) is 2.95. The highest BCUT2D eigenvalue weighted by molar-refractivity contribution is 5.96. The lowest BCUT2D eigenvalue weighted by Gasteiger charge is -2.25. The molecule has 0 aliphatic carbocycles. The molecule has 8 heteroatoms. The molecule has 0 saturated carbocycles. The zero-order valence-electron chi connectivity index (χ0n) is 20.6. The smallest absolute Gasteiger partial charge is 0.224 e. The van der Waals surface area contributed by atoms with Gasteiger partial charge in [0, 0.05) is 24.9 Å². The summed E-state index contributed by atoms with van der Waals surface area (Å²) in [5.41, 5.74) is 2.59. The van der Waals surface area contributed by atoms with Crippen LogP contribution in [0.2, 0.25) is 0 Å². The van der Waals surface area contributed by atoms with E-state index in [9.17, 15) is 9.90 Å². The molecule has 0 spiro atoms. The number of carbonyl (C=O) groups is 1. The number of nitrogens with one attached hydrogen (secondary N) is 2. The first-order chi connectivity index (χ1) is 16.9. The highest BCUT2D eigenvalue weighted by Gasteiger charge is 2.24. The van der Waals surface area contributed by atoms with Crippen LogP contribution in [0.5, 0.6) is 23.0 Å². The van der Waals surface area contributed by atoms with Crippen molar-refractivity contribution >= 4 is 11.6 Å². The van der Waals surface area contributed by atoms with Gasteiger partial charge in [-0.1, -0.05) is 6.07 Å². The average Bonchev–Trinajstić information content (AvgIpc) is 2.86. The third-order valence-corrected chi connectivity index (χ3v) is 5.68. The first-order valence-corrected chi connectivity index (χ1v) is 11.7. The van der Waals surface area contributed by atoms with Crippen molar-refractivity contribution in [2.45, 2.75) is 44.8 Å². The molecule has 188 valence electrons. The lowest BCUT2D eigenvalue weighted by atomic mass is 10.0. The lowest BCUT2D eigenvalue weighted by Crippen LogP contribution is -2.32. The second-order valence-electron chi connectivity index (χ2n) is 8.41. The van der Waals surface area contributed by atoms with Crippen molar-refractivity contribution in [1.29, 1.82) is 0 Å². The monoisotopic (exact) mass is 482 g/mol. The summed E-state index contributed by atoms with van der Waals surface area (Å²) in [7, 11) is 3.22. The Morgan fingerprint density at radius 3 is 2.60 bits per heavy atom. The Morgan fingerprint density at radius 1 is 1.11 bits per heavy atom. The maximum atomic E-state index is 12.0. The number of benzene rings is 2. The highest BCUT2D eigenvalue weighted by Crippen LogP contribution is 2.39. The van der Waals surface area contributed by atoms with Crippen molar-refractivity contribution in [1.82, 2.24) is 5.32 Å². The normalized spacial score (nSPS) is 14.2. The minimum Gasteiger partial charge on any atom is -0.493 e. The van der Waals surface area contributed by atoms with Gasteiger partial charge in [-0.15, -0.1) is 12.3 Å². The van der Waals surface area contributed by atoms with Crippen LogP contribution >= 0.6 is 0 Å². The third kappa shape index (κ3) is 7.28. The van der Waals surface area contributed by atoms with Gasteiger partial charge in [-0.25, -0.2) is 0 Å². The van der Waals surface area contributed by atoms with E-state index in [1.165, 1.54) is 0 Å². The number of methoxy groups -OCH3 is 2. The molecule has 0 bridgehead atoms. The number of aliphatic hydroxyl groups is 1. The first kappa shape index (κ1) is 26.2. The van der Waals surface area contributed by atoms with Crippen LogP contribution in [0.1, 0.15) is 30.9 Å². The van der Waals surface area contributed by atoms with Gasteiger partial charge >= 0.3 is 0 Å². The third-order valence-electron chi connectivity index (χ3n) is 5.68. The summed E-state index contributed by atoms with van der Waals surface area (Å²) in [6.45, 7) is 3.08. The van der Waals surface area contributed by atoms with Crippen molar-refractivity contribution in [3.63, 3.8) is 0 Å². The van der Waals surface area contributed by atoms with E-state index >= 15 is 0 Å².